The number of hydrogen-bond donors (Lipinski definition) is 3. The van der Waals surface area contributed by atoms with E-state index in [0.717, 1.165) is 41.2 Å². The van der Waals surface area contributed by atoms with Crippen LogP contribution in [-0.4, -0.2) is 35.1 Å². The summed E-state index contributed by atoms with van der Waals surface area (Å²) >= 11 is 0. The Kier molecular flexibility index (Phi) is 9.07. The van der Waals surface area contributed by atoms with E-state index in [1.54, 1.807) is 0 Å². The average molecular weight is 672 g/mol. The van der Waals surface area contributed by atoms with Crippen LogP contribution in [0.1, 0.15) is 33.0 Å². The molecule has 3 aromatic carbocycles. The van der Waals surface area contributed by atoms with Gasteiger partial charge < -0.3 is 15.4 Å². The minimum absolute atomic E-state index is 0.0409. The van der Waals surface area contributed by atoms with E-state index in [-0.39, 0.29) is 28.3 Å². The first-order valence-corrected chi connectivity index (χ1v) is 14.8. The quantitative estimate of drug-likeness (QED) is 0.0755. The normalized spacial score (nSPS) is 12.8. The number of aromatic nitrogens is 2. The summed E-state index contributed by atoms with van der Waals surface area (Å²) in [4.78, 5) is 16.4. The second-order valence-electron chi connectivity index (χ2n) is 9.94. The molecule has 5 N–H and O–H groups in total. The lowest BCUT2D eigenvalue weighted by atomic mass is 10.0. The van der Waals surface area contributed by atoms with Gasteiger partial charge in [-0.3, -0.25) is 9.80 Å². The van der Waals surface area contributed by atoms with Gasteiger partial charge in [-0.05, 0) is 54.4 Å². The van der Waals surface area contributed by atoms with Crippen LogP contribution in [-0.2, 0) is 28.8 Å². The van der Waals surface area contributed by atoms with Crippen molar-refractivity contribution in [3.63, 3.8) is 0 Å². The number of imidazole rings is 1. The maximum atomic E-state index is 15.0. The van der Waals surface area contributed by atoms with E-state index in [1.807, 2.05) is 0 Å². The molecule has 0 aliphatic rings. The summed E-state index contributed by atoms with van der Waals surface area (Å²) in [5.74, 6) is 3.93. The fourth-order valence-corrected chi connectivity index (χ4v) is 5.55. The molecular weight excluding hydrogens is 647 g/mol. The number of aliphatic hydroxyl groups excluding tert-OH is 1. The van der Waals surface area contributed by atoms with Gasteiger partial charge in [-0.15, -0.1) is 0 Å². The first-order chi connectivity index (χ1) is 21.3. The third kappa shape index (κ3) is 6.75. The van der Waals surface area contributed by atoms with Crippen LogP contribution < -0.4 is 16.6 Å². The summed E-state index contributed by atoms with van der Waals surface area (Å²) in [5.41, 5.74) is 1.25. The summed E-state index contributed by atoms with van der Waals surface area (Å²) in [6.07, 6.45) is -7.54. The van der Waals surface area contributed by atoms with Crippen molar-refractivity contribution in [1.29, 1.82) is 0 Å². The molecule has 4 aromatic rings. The number of benzene rings is 3. The predicted molar refractivity (Wildman–Crippen MR) is 152 cm³/mol. The number of allylic oxidation sites excluding steroid dienone is 1. The molecule has 244 valence electrons. The molecule has 0 radical (unpaired) electrons. The van der Waals surface area contributed by atoms with Crippen LogP contribution in [0.15, 0.2) is 77.6 Å². The molecule has 0 spiro atoms. The van der Waals surface area contributed by atoms with Gasteiger partial charge in [-0.25, -0.2) is 23.6 Å². The number of halogens is 7. The standard InChI is InChI=1S/C29H24F7N5O4S/c1-15-39-26(29(34,35)36)13-40(15)22-7-6-16(18-9-21(30)20(14-42)25(11-18)46(2,44)45)10-23(22)41(38)24(12-37)27(43)17-4-3-5-19(8-17)28(31,32)33/h3-13,42H,14,37-38H2,1-2H3/b24-12-. The molecule has 0 saturated carbocycles. The Morgan fingerprint density at radius 1 is 1.02 bits per heavy atom. The zero-order chi connectivity index (χ0) is 34.4. The Morgan fingerprint density at radius 3 is 2.24 bits per heavy atom. The van der Waals surface area contributed by atoms with Gasteiger partial charge in [0.15, 0.2) is 15.5 Å². The lowest BCUT2D eigenvalue weighted by Crippen LogP contribution is -2.35. The molecule has 4 rings (SSSR count). The highest BCUT2D eigenvalue weighted by molar-refractivity contribution is 7.90. The van der Waals surface area contributed by atoms with Crippen molar-refractivity contribution >= 4 is 21.3 Å². The molecule has 0 aliphatic carbocycles. The molecule has 0 fully saturated rings. The molecule has 1 aromatic heterocycles. The number of aryl methyl sites for hydroxylation is 1. The molecule has 0 amide bonds. The van der Waals surface area contributed by atoms with Crippen molar-refractivity contribution in [2.24, 2.45) is 11.6 Å². The monoisotopic (exact) mass is 671 g/mol. The van der Waals surface area contributed by atoms with Gasteiger partial charge in [-0.1, -0.05) is 18.2 Å². The van der Waals surface area contributed by atoms with Crippen molar-refractivity contribution in [2.75, 3.05) is 11.3 Å². The van der Waals surface area contributed by atoms with Crippen molar-refractivity contribution in [3.05, 3.63) is 107 Å². The second-order valence-corrected chi connectivity index (χ2v) is 11.9. The predicted octanol–water partition coefficient (Wildman–Crippen LogP) is 5.28. The van der Waals surface area contributed by atoms with E-state index < -0.39 is 73.4 Å². The maximum Gasteiger partial charge on any atom is 0.434 e. The van der Waals surface area contributed by atoms with Crippen molar-refractivity contribution in [3.8, 4) is 16.8 Å². The lowest BCUT2D eigenvalue weighted by molar-refractivity contribution is -0.141. The van der Waals surface area contributed by atoms with Crippen LogP contribution in [0.2, 0.25) is 0 Å². The van der Waals surface area contributed by atoms with Crippen LogP contribution >= 0.6 is 0 Å². The number of hydrazine groups is 1. The number of nitrogens with two attached hydrogens (primary N) is 2. The number of nitrogens with zero attached hydrogens (tertiary/aromatic N) is 3. The zero-order valence-corrected chi connectivity index (χ0v) is 24.6. The molecule has 0 atom stereocenters. The van der Waals surface area contributed by atoms with E-state index in [2.05, 4.69) is 4.98 Å². The summed E-state index contributed by atoms with van der Waals surface area (Å²) in [6, 6.07) is 8.98. The summed E-state index contributed by atoms with van der Waals surface area (Å²) < 4.78 is 121. The molecule has 0 bridgehead atoms. The fraction of sp³-hybridized carbons (Fsp3) is 0.172. The van der Waals surface area contributed by atoms with Crippen LogP contribution in [0, 0.1) is 12.7 Å². The van der Waals surface area contributed by atoms with Gasteiger partial charge in [0, 0.05) is 29.8 Å². The topological polar surface area (TPSA) is 145 Å². The van der Waals surface area contributed by atoms with Crippen LogP contribution in [0.5, 0.6) is 0 Å². The Morgan fingerprint density at radius 2 is 1.70 bits per heavy atom. The van der Waals surface area contributed by atoms with Crippen LogP contribution in [0.3, 0.4) is 0 Å². The third-order valence-corrected chi connectivity index (χ3v) is 7.98. The van der Waals surface area contributed by atoms with E-state index >= 15 is 0 Å². The second kappa shape index (κ2) is 12.2. The van der Waals surface area contributed by atoms with E-state index in [9.17, 15) is 49.1 Å². The summed E-state index contributed by atoms with van der Waals surface area (Å²) in [6.45, 7) is 0.293. The number of ketones is 1. The Bertz CT molecular complexity index is 1970. The minimum Gasteiger partial charge on any atom is -0.403 e. The number of rotatable bonds is 8. The highest BCUT2D eigenvalue weighted by Gasteiger charge is 2.35. The van der Waals surface area contributed by atoms with Gasteiger partial charge in [0.05, 0.1) is 28.4 Å². The minimum atomic E-state index is -4.85. The average Bonchev–Trinajstić information content (AvgIpc) is 3.37. The van der Waals surface area contributed by atoms with E-state index in [4.69, 9.17) is 11.6 Å². The third-order valence-electron chi connectivity index (χ3n) is 6.81. The Hall–Kier alpha value is -4.74. The van der Waals surface area contributed by atoms with Crippen molar-refractivity contribution < 1.29 is 49.1 Å². The number of Topliss-reactive ketones (excluding diaryl/α,β-unsaturated/α-hetero) is 1. The molecular formula is C29H24F7N5O4S. The number of aliphatic hydroxyl groups is 1. The molecule has 1 heterocycles. The Labute approximate surface area is 257 Å². The summed E-state index contributed by atoms with van der Waals surface area (Å²) in [5, 5.41) is 10.2. The molecule has 0 saturated heterocycles. The molecule has 0 unspecified atom stereocenters. The summed E-state index contributed by atoms with van der Waals surface area (Å²) in [7, 11) is -4.07. The largest absolute Gasteiger partial charge is 0.434 e. The molecule has 9 nitrogen and oxygen atoms in total. The molecule has 0 aliphatic heterocycles. The number of anilines is 1. The zero-order valence-electron chi connectivity index (χ0n) is 23.8. The maximum absolute atomic E-state index is 15.0. The van der Waals surface area contributed by atoms with Crippen LogP contribution in [0.4, 0.5) is 36.4 Å². The first kappa shape index (κ1) is 34.1. The van der Waals surface area contributed by atoms with Gasteiger partial charge in [0.25, 0.3) is 0 Å². The number of sulfone groups is 1. The van der Waals surface area contributed by atoms with Gasteiger partial charge in [-0.2, -0.15) is 26.3 Å². The number of alkyl halides is 6. The molecule has 17 heteroatoms. The van der Waals surface area contributed by atoms with Gasteiger partial charge in [0.2, 0.25) is 5.78 Å². The first-order valence-electron chi connectivity index (χ1n) is 12.9. The molecule has 46 heavy (non-hydrogen) atoms. The highest BCUT2D eigenvalue weighted by atomic mass is 32.2. The van der Waals surface area contributed by atoms with Crippen molar-refractivity contribution in [1.82, 2.24) is 9.55 Å². The highest BCUT2D eigenvalue weighted by Crippen LogP contribution is 2.37. The van der Waals surface area contributed by atoms with E-state index in [1.165, 1.54) is 25.1 Å². The smallest absolute Gasteiger partial charge is 0.403 e. The number of hydrogen-bond acceptors (Lipinski definition) is 8. The van der Waals surface area contributed by atoms with Crippen LogP contribution in [0.25, 0.3) is 16.8 Å². The number of carbonyl (C=O) groups is 1. The SMILES string of the molecule is Cc1nc(C(F)(F)F)cn1-c1ccc(-c2cc(F)c(CO)c(S(C)(=O)=O)c2)cc1N(N)/C(=C\N)C(=O)c1cccc(C(F)(F)F)c1. The fourth-order valence-electron chi connectivity index (χ4n) is 4.59. The van der Waals surface area contributed by atoms with Gasteiger partial charge in [0.1, 0.15) is 17.3 Å². The lowest BCUT2D eigenvalue weighted by Gasteiger charge is -2.25. The number of carbonyl (C=O) groups excluding carboxylic acids is 1. The Balaban J connectivity index is 1.95. The van der Waals surface area contributed by atoms with E-state index in [0.29, 0.717) is 23.5 Å². The van der Waals surface area contributed by atoms with Crippen molar-refractivity contribution in [2.45, 2.75) is 30.8 Å². The van der Waals surface area contributed by atoms with Gasteiger partial charge >= 0.3 is 12.4 Å².